The second-order valence-electron chi connectivity index (χ2n) is 6.10. The molecule has 3 aromatic rings. The Hall–Kier alpha value is -2.19. The fourth-order valence-corrected chi connectivity index (χ4v) is 5.24. The summed E-state index contributed by atoms with van der Waals surface area (Å²) < 4.78 is 20.0. The molecule has 0 bridgehead atoms. The van der Waals surface area contributed by atoms with E-state index in [9.17, 15) is 4.57 Å². The lowest BCUT2D eigenvalue weighted by Crippen LogP contribution is -2.36. The summed E-state index contributed by atoms with van der Waals surface area (Å²) in [5.74, 6) is 0. The molecule has 0 radical (unpaired) electrons. The van der Waals surface area contributed by atoms with E-state index < -0.39 is 7.29 Å². The zero-order chi connectivity index (χ0) is 18.2. The molecule has 0 aliphatic carbocycles. The van der Waals surface area contributed by atoms with Crippen LogP contribution in [0, 0.1) is 0 Å². The lowest BCUT2D eigenvalue weighted by molar-refractivity contribution is 0.0309. The largest absolute Gasteiger partial charge is 0.358 e. The predicted molar refractivity (Wildman–Crippen MR) is 108 cm³/mol. The third-order valence-corrected chi connectivity index (χ3v) is 6.93. The van der Waals surface area contributed by atoms with Gasteiger partial charge in [-0.3, -0.25) is 4.57 Å². The van der Waals surface area contributed by atoms with Crippen molar-refractivity contribution in [3.8, 4) is 0 Å². The molecule has 0 amide bonds. The highest BCUT2D eigenvalue weighted by atomic mass is 31.2. The Morgan fingerprint density at radius 1 is 0.808 bits per heavy atom. The number of hydrogen-bond donors (Lipinski definition) is 1. The van der Waals surface area contributed by atoms with Gasteiger partial charge in [0.1, 0.15) is 6.23 Å². The maximum absolute atomic E-state index is 14.0. The van der Waals surface area contributed by atoms with E-state index in [-0.39, 0.29) is 6.23 Å². The van der Waals surface area contributed by atoms with Crippen LogP contribution in [0.3, 0.4) is 0 Å². The van der Waals surface area contributed by atoms with E-state index in [1.54, 1.807) is 0 Å². The van der Waals surface area contributed by atoms with Crippen molar-refractivity contribution in [2.24, 2.45) is 0 Å². The van der Waals surface area contributed by atoms with Crippen LogP contribution in [-0.4, -0.2) is 6.23 Å². The highest BCUT2D eigenvalue weighted by Crippen LogP contribution is 2.39. The zero-order valence-corrected chi connectivity index (χ0v) is 15.8. The van der Waals surface area contributed by atoms with Crippen LogP contribution < -0.4 is 15.7 Å². The molecule has 3 nitrogen and oxygen atoms in total. The molecule has 0 aromatic heterocycles. The Labute approximate surface area is 155 Å². The number of ether oxygens (including phenoxy) is 1. The van der Waals surface area contributed by atoms with Crippen molar-refractivity contribution >= 4 is 17.9 Å². The summed E-state index contributed by atoms with van der Waals surface area (Å²) >= 11 is 0. The van der Waals surface area contributed by atoms with Crippen molar-refractivity contribution in [2.45, 2.75) is 26.2 Å². The van der Waals surface area contributed by atoms with Gasteiger partial charge < -0.3 is 4.74 Å². The van der Waals surface area contributed by atoms with E-state index >= 15 is 0 Å². The van der Waals surface area contributed by atoms with E-state index in [2.05, 4.69) is 5.09 Å². The Morgan fingerprint density at radius 2 is 1.27 bits per heavy atom. The second kappa shape index (κ2) is 8.95. The summed E-state index contributed by atoms with van der Waals surface area (Å²) in [4.78, 5) is 0. The summed E-state index contributed by atoms with van der Waals surface area (Å²) in [6, 6.07) is 29.2. The van der Waals surface area contributed by atoms with E-state index in [1.165, 1.54) is 0 Å². The topological polar surface area (TPSA) is 38.3 Å². The van der Waals surface area contributed by atoms with Crippen LogP contribution in [-0.2, 0) is 15.9 Å². The van der Waals surface area contributed by atoms with Gasteiger partial charge in [0.05, 0.1) is 6.61 Å². The van der Waals surface area contributed by atoms with Gasteiger partial charge >= 0.3 is 0 Å². The monoisotopic (exact) mass is 365 g/mol. The van der Waals surface area contributed by atoms with Gasteiger partial charge in [-0.15, -0.1) is 0 Å². The number of nitrogens with one attached hydrogen (secondary N) is 1. The van der Waals surface area contributed by atoms with Gasteiger partial charge in [0.25, 0.3) is 0 Å². The van der Waals surface area contributed by atoms with Crippen molar-refractivity contribution in [2.75, 3.05) is 0 Å². The first-order chi connectivity index (χ1) is 12.7. The average molecular weight is 365 g/mol. The van der Waals surface area contributed by atoms with Crippen molar-refractivity contribution in [1.29, 1.82) is 0 Å². The van der Waals surface area contributed by atoms with Crippen molar-refractivity contribution in [1.82, 2.24) is 5.09 Å². The molecule has 0 spiro atoms. The van der Waals surface area contributed by atoms with Gasteiger partial charge in [-0.05, 0) is 36.2 Å². The number of hydrogen-bond acceptors (Lipinski definition) is 2. The van der Waals surface area contributed by atoms with Gasteiger partial charge in [0.15, 0.2) is 0 Å². The molecule has 26 heavy (non-hydrogen) atoms. The van der Waals surface area contributed by atoms with Gasteiger partial charge in [0.2, 0.25) is 7.29 Å². The maximum Gasteiger partial charge on any atom is 0.206 e. The van der Waals surface area contributed by atoms with Crippen LogP contribution in [0.2, 0.25) is 0 Å². The molecule has 4 heteroatoms. The molecule has 0 fully saturated rings. The summed E-state index contributed by atoms with van der Waals surface area (Å²) in [5.41, 5.74) is 1.10. The first-order valence-corrected chi connectivity index (χ1v) is 10.6. The average Bonchev–Trinajstić information content (AvgIpc) is 2.73. The fourth-order valence-electron chi connectivity index (χ4n) is 2.79. The van der Waals surface area contributed by atoms with Crippen LogP contribution >= 0.6 is 7.29 Å². The van der Waals surface area contributed by atoms with Crippen LogP contribution in [0.25, 0.3) is 0 Å². The fraction of sp³-hybridized carbons (Fsp3) is 0.182. The normalized spacial score (nSPS) is 12.7. The van der Waals surface area contributed by atoms with Gasteiger partial charge in [-0.25, -0.2) is 5.09 Å². The minimum absolute atomic E-state index is 0.304. The Bertz CT molecular complexity index is 794. The third kappa shape index (κ3) is 4.50. The lowest BCUT2D eigenvalue weighted by Gasteiger charge is -2.26. The van der Waals surface area contributed by atoms with E-state index in [1.807, 2.05) is 97.9 Å². The summed E-state index contributed by atoms with van der Waals surface area (Å²) in [5, 5.41) is 4.89. The molecular weight excluding hydrogens is 341 g/mol. The molecular formula is C22H24NO2P. The lowest BCUT2D eigenvalue weighted by atomic mass is 10.2. The molecule has 3 rings (SSSR count). The first kappa shape index (κ1) is 18.6. The highest BCUT2D eigenvalue weighted by molar-refractivity contribution is 7.76. The highest BCUT2D eigenvalue weighted by Gasteiger charge is 2.29. The van der Waals surface area contributed by atoms with Crippen molar-refractivity contribution in [3.05, 3.63) is 96.6 Å². The van der Waals surface area contributed by atoms with Crippen molar-refractivity contribution in [3.63, 3.8) is 0 Å². The Kier molecular flexibility index (Phi) is 6.40. The molecule has 0 unspecified atom stereocenters. The molecule has 0 aliphatic heterocycles. The zero-order valence-electron chi connectivity index (χ0n) is 14.9. The SMILES string of the molecule is CC[C@@H](NP(=O)(c1ccccc1)c1ccccc1)OCc1ccccc1. The molecule has 134 valence electrons. The predicted octanol–water partition coefficient (Wildman–Crippen LogP) is 4.46. The minimum atomic E-state index is -2.99. The summed E-state index contributed by atoms with van der Waals surface area (Å²) in [6.45, 7) is 2.51. The molecule has 1 N–H and O–H groups in total. The number of benzene rings is 3. The van der Waals surface area contributed by atoms with Crippen molar-refractivity contribution < 1.29 is 9.30 Å². The number of rotatable bonds is 8. The van der Waals surface area contributed by atoms with E-state index in [4.69, 9.17) is 4.74 Å². The first-order valence-electron chi connectivity index (χ1n) is 8.87. The standard InChI is InChI=1S/C22H24NO2P/c1-2-22(25-18-19-12-6-3-7-13-19)23-26(24,20-14-8-4-9-15-20)21-16-10-5-11-17-21/h3-17,22H,2,18H2,1H3,(H,23,24)/t22-/m0/s1. The minimum Gasteiger partial charge on any atom is -0.358 e. The molecule has 0 aliphatic rings. The molecule has 1 atom stereocenters. The maximum atomic E-state index is 14.0. The summed E-state index contributed by atoms with van der Waals surface area (Å²) in [6.07, 6.45) is 0.415. The van der Waals surface area contributed by atoms with E-state index in [0.29, 0.717) is 6.61 Å². The Balaban J connectivity index is 1.84. The van der Waals surface area contributed by atoms with Crippen LogP contribution in [0.15, 0.2) is 91.0 Å². The third-order valence-electron chi connectivity index (χ3n) is 4.23. The van der Waals surface area contributed by atoms with Gasteiger partial charge in [0, 0.05) is 10.6 Å². The molecule has 0 saturated carbocycles. The van der Waals surface area contributed by atoms with Gasteiger partial charge in [-0.1, -0.05) is 73.7 Å². The summed E-state index contributed by atoms with van der Waals surface area (Å²) in [7, 11) is -2.99. The smallest absolute Gasteiger partial charge is 0.206 e. The van der Waals surface area contributed by atoms with Crippen LogP contribution in [0.5, 0.6) is 0 Å². The molecule has 3 aromatic carbocycles. The van der Waals surface area contributed by atoms with E-state index in [0.717, 1.165) is 22.6 Å². The second-order valence-corrected chi connectivity index (χ2v) is 8.61. The Morgan fingerprint density at radius 3 is 1.73 bits per heavy atom. The quantitative estimate of drug-likeness (QED) is 0.473. The van der Waals surface area contributed by atoms with Crippen LogP contribution in [0.4, 0.5) is 0 Å². The van der Waals surface area contributed by atoms with Crippen LogP contribution in [0.1, 0.15) is 18.9 Å². The van der Waals surface area contributed by atoms with Gasteiger partial charge in [-0.2, -0.15) is 0 Å². The molecule has 0 heterocycles. The molecule has 0 saturated heterocycles.